The number of carbonyl (C=O) groups excluding carboxylic acids is 1. The van der Waals surface area contributed by atoms with Crippen molar-refractivity contribution >= 4 is 12.1 Å². The molecule has 0 atom stereocenters. The van der Waals surface area contributed by atoms with Gasteiger partial charge in [-0.25, -0.2) is 0 Å². The van der Waals surface area contributed by atoms with Crippen LogP contribution in [-0.2, 0) is 11.2 Å². The van der Waals surface area contributed by atoms with Gasteiger partial charge in [-0.2, -0.15) is 0 Å². The average molecular weight is 205 g/mol. The minimum absolute atomic E-state index is 0.0645. The molecule has 0 unspecified atom stereocenters. The summed E-state index contributed by atoms with van der Waals surface area (Å²) in [4.78, 5) is 9.94. The van der Waals surface area contributed by atoms with Gasteiger partial charge in [0.05, 0.1) is 19.5 Å². The molecule has 4 nitrogen and oxygen atoms in total. The zero-order chi connectivity index (χ0) is 11.1. The summed E-state index contributed by atoms with van der Waals surface area (Å²) in [6.45, 7) is 0.0645. The molecule has 0 aliphatic heterocycles. The third kappa shape index (κ3) is 3.81. The molecule has 0 amide bonds. The number of hydrogen-bond donors (Lipinski definition) is 2. The maximum Gasteiger partial charge on any atom is 0.219 e. The van der Waals surface area contributed by atoms with E-state index >= 15 is 0 Å². The molecule has 2 N–H and O–H groups in total. The van der Waals surface area contributed by atoms with Crippen molar-refractivity contribution in [3.63, 3.8) is 0 Å². The van der Waals surface area contributed by atoms with Gasteiger partial charge >= 0.3 is 0 Å². The molecule has 0 saturated carbocycles. The number of benzene rings is 1. The second-order valence-corrected chi connectivity index (χ2v) is 3.00. The van der Waals surface area contributed by atoms with Gasteiger partial charge in [-0.15, -0.1) is 0 Å². The average Bonchev–Trinajstić information content (AvgIpc) is 2.27. The first-order valence-corrected chi connectivity index (χ1v) is 4.55. The predicted octanol–water partition coefficient (Wildman–Crippen LogP) is 0.914. The quantitative estimate of drug-likeness (QED) is 0.555. The van der Waals surface area contributed by atoms with Gasteiger partial charge in [0, 0.05) is 6.42 Å². The molecule has 0 spiro atoms. The number of nitrogens with one attached hydrogen (secondary N) is 2. The lowest BCUT2D eigenvalue weighted by molar-refractivity contribution is 0.414. The highest BCUT2D eigenvalue weighted by Gasteiger charge is 1.99. The van der Waals surface area contributed by atoms with Crippen LogP contribution in [0.1, 0.15) is 5.56 Å². The summed E-state index contributed by atoms with van der Waals surface area (Å²) in [7, 11) is 1.61. The number of rotatable bonds is 5. The highest BCUT2D eigenvalue weighted by molar-refractivity contribution is 5.83. The summed E-state index contributed by atoms with van der Waals surface area (Å²) >= 11 is 0. The third-order valence-corrected chi connectivity index (χ3v) is 1.91. The lowest BCUT2D eigenvalue weighted by Crippen LogP contribution is -2.25. The highest BCUT2D eigenvalue weighted by Crippen LogP contribution is 2.11. The van der Waals surface area contributed by atoms with Gasteiger partial charge in [-0.05, 0) is 17.7 Å². The number of hydrogen-bond acceptors (Lipinski definition) is 3. The molecule has 0 aliphatic rings. The fourth-order valence-electron chi connectivity index (χ4n) is 1.15. The Hall–Kier alpha value is -1.84. The van der Waals surface area contributed by atoms with Crippen molar-refractivity contribution in [2.45, 2.75) is 6.42 Å². The van der Waals surface area contributed by atoms with Crippen molar-refractivity contribution < 1.29 is 9.53 Å². The fourth-order valence-corrected chi connectivity index (χ4v) is 1.15. The molecule has 15 heavy (non-hydrogen) atoms. The van der Waals surface area contributed by atoms with Crippen molar-refractivity contribution in [2.75, 3.05) is 13.7 Å². The maximum atomic E-state index is 9.94. The molecular weight excluding hydrogens is 192 g/mol. The Morgan fingerprint density at radius 2 is 2.13 bits per heavy atom. The van der Waals surface area contributed by atoms with Crippen LogP contribution >= 0.6 is 0 Å². The lowest BCUT2D eigenvalue weighted by atomic mass is 10.1. The number of ether oxygens (including phenoxy) is 1. The van der Waals surface area contributed by atoms with Crippen molar-refractivity contribution in [1.29, 1.82) is 5.41 Å². The Labute approximate surface area is 88.8 Å². The van der Waals surface area contributed by atoms with Gasteiger partial charge in [0.25, 0.3) is 0 Å². The molecular formula is C11H13N2O2. The van der Waals surface area contributed by atoms with E-state index in [1.807, 2.05) is 24.3 Å². The van der Waals surface area contributed by atoms with Gasteiger partial charge in [0.1, 0.15) is 5.75 Å². The first kappa shape index (κ1) is 11.2. The molecule has 1 radical (unpaired) electrons. The zero-order valence-electron chi connectivity index (χ0n) is 8.54. The van der Waals surface area contributed by atoms with E-state index in [4.69, 9.17) is 10.1 Å². The molecule has 0 bridgehead atoms. The monoisotopic (exact) mass is 205 g/mol. The smallest absolute Gasteiger partial charge is 0.219 e. The first-order chi connectivity index (χ1) is 7.26. The molecule has 0 aliphatic carbocycles. The second kappa shape index (κ2) is 5.80. The van der Waals surface area contributed by atoms with Gasteiger partial charge in [0.15, 0.2) is 0 Å². The van der Waals surface area contributed by atoms with Crippen LogP contribution < -0.4 is 10.1 Å². The van der Waals surface area contributed by atoms with E-state index in [2.05, 4.69) is 5.32 Å². The van der Waals surface area contributed by atoms with Crippen LogP contribution in [0.3, 0.4) is 0 Å². The van der Waals surface area contributed by atoms with Crippen LogP contribution in [0.2, 0.25) is 0 Å². The SMILES string of the molecule is COc1ccc(CC(=N)NC[C]=O)cc1. The molecule has 1 aromatic rings. The molecule has 1 rings (SSSR count). The van der Waals surface area contributed by atoms with Crippen LogP contribution in [0.25, 0.3) is 0 Å². The fraction of sp³-hybridized carbons (Fsp3) is 0.273. The summed E-state index contributed by atoms with van der Waals surface area (Å²) in [5, 5.41) is 10.1. The maximum absolute atomic E-state index is 9.94. The highest BCUT2D eigenvalue weighted by atomic mass is 16.5. The minimum atomic E-state index is 0.0645. The Morgan fingerprint density at radius 3 is 2.67 bits per heavy atom. The van der Waals surface area contributed by atoms with Gasteiger partial charge in [0.2, 0.25) is 6.29 Å². The van der Waals surface area contributed by atoms with Crippen molar-refractivity contribution in [3.8, 4) is 5.75 Å². The van der Waals surface area contributed by atoms with E-state index in [1.165, 1.54) is 0 Å². The molecule has 4 heteroatoms. The van der Waals surface area contributed by atoms with Crippen LogP contribution in [0.15, 0.2) is 24.3 Å². The minimum Gasteiger partial charge on any atom is -0.497 e. The lowest BCUT2D eigenvalue weighted by Gasteiger charge is -2.05. The molecule has 79 valence electrons. The van der Waals surface area contributed by atoms with Gasteiger partial charge in [-0.1, -0.05) is 12.1 Å². The normalized spacial score (nSPS) is 9.40. The first-order valence-electron chi connectivity index (χ1n) is 4.55. The Kier molecular flexibility index (Phi) is 4.34. The van der Waals surface area contributed by atoms with Crippen molar-refractivity contribution in [2.24, 2.45) is 0 Å². The van der Waals surface area contributed by atoms with Crippen LogP contribution in [-0.4, -0.2) is 25.8 Å². The molecule has 0 saturated heterocycles. The number of amidine groups is 1. The van der Waals surface area contributed by atoms with E-state index in [0.29, 0.717) is 12.3 Å². The molecule has 1 aromatic carbocycles. The summed E-state index contributed by atoms with van der Waals surface area (Å²) in [5.74, 6) is 1.10. The molecule has 0 fully saturated rings. The summed E-state index contributed by atoms with van der Waals surface area (Å²) < 4.78 is 5.02. The summed E-state index contributed by atoms with van der Waals surface area (Å²) in [6.07, 6.45) is 2.16. The molecule has 0 aromatic heterocycles. The van der Waals surface area contributed by atoms with E-state index in [1.54, 1.807) is 13.4 Å². The largest absolute Gasteiger partial charge is 0.497 e. The van der Waals surface area contributed by atoms with Crippen molar-refractivity contribution in [1.82, 2.24) is 5.32 Å². The number of methoxy groups -OCH3 is 1. The standard InChI is InChI=1S/C11H13N2O2/c1-15-10-4-2-9(3-5-10)8-11(12)13-6-7-14/h2-5H,6,8H2,1H3,(H2,12,13). The summed E-state index contributed by atoms with van der Waals surface area (Å²) in [6, 6.07) is 7.46. The topological polar surface area (TPSA) is 62.2 Å². The third-order valence-electron chi connectivity index (χ3n) is 1.91. The second-order valence-electron chi connectivity index (χ2n) is 3.00. The zero-order valence-corrected chi connectivity index (χ0v) is 8.54. The van der Waals surface area contributed by atoms with E-state index < -0.39 is 0 Å². The van der Waals surface area contributed by atoms with Gasteiger partial charge < -0.3 is 10.1 Å². The van der Waals surface area contributed by atoms with E-state index in [9.17, 15) is 4.79 Å². The van der Waals surface area contributed by atoms with Crippen molar-refractivity contribution in [3.05, 3.63) is 29.8 Å². The van der Waals surface area contributed by atoms with Crippen LogP contribution in [0.4, 0.5) is 0 Å². The Balaban J connectivity index is 2.49. The van der Waals surface area contributed by atoms with E-state index in [0.717, 1.165) is 11.3 Å². The summed E-state index contributed by atoms with van der Waals surface area (Å²) in [5.41, 5.74) is 0.999. The van der Waals surface area contributed by atoms with Gasteiger partial charge in [-0.3, -0.25) is 10.2 Å². The molecule has 0 heterocycles. The van der Waals surface area contributed by atoms with Crippen LogP contribution in [0, 0.1) is 5.41 Å². The van der Waals surface area contributed by atoms with Crippen LogP contribution in [0.5, 0.6) is 5.75 Å². The Morgan fingerprint density at radius 1 is 1.47 bits per heavy atom. The van der Waals surface area contributed by atoms with E-state index in [-0.39, 0.29) is 6.54 Å². The Bertz CT molecular complexity index is 333. The predicted molar refractivity (Wildman–Crippen MR) is 58.1 cm³/mol.